The molecule has 1 N–H and O–H groups in total. The van der Waals surface area contributed by atoms with Crippen LogP contribution < -0.4 is 9.80 Å². The van der Waals surface area contributed by atoms with E-state index < -0.39 is 81.8 Å². The minimum Gasteiger partial charge on any atom is -0.478 e. The summed E-state index contributed by atoms with van der Waals surface area (Å²) < 4.78 is 90.3. The zero-order valence-electron chi connectivity index (χ0n) is 56.4. The molecule has 5 aliphatic rings. The van der Waals surface area contributed by atoms with Gasteiger partial charge in [0.05, 0.1) is 66.9 Å². The normalized spacial score (nSPS) is 17.2. The molecule has 102 heavy (non-hydrogen) atoms. The van der Waals surface area contributed by atoms with Crippen LogP contribution in [0, 0.1) is 41.5 Å². The molecule has 4 heterocycles. The number of aryl methyl sites for hydroxylation is 5. The van der Waals surface area contributed by atoms with Gasteiger partial charge in [-0.25, -0.2) is 14.6 Å². The van der Waals surface area contributed by atoms with E-state index in [0.29, 0.717) is 22.4 Å². The van der Waals surface area contributed by atoms with Crippen LogP contribution in [0.2, 0.25) is 0 Å². The monoisotopic (exact) mass is 1370 g/mol. The second kappa shape index (κ2) is 23.1. The Labute approximate surface area is 580 Å². The van der Waals surface area contributed by atoms with Crippen LogP contribution in [0.25, 0.3) is 21.9 Å². The van der Waals surface area contributed by atoms with E-state index in [0.717, 1.165) is 137 Å². The lowest BCUT2D eigenvalue weighted by atomic mass is 9.66. The molecule has 15 rings (SSSR count). The van der Waals surface area contributed by atoms with Crippen LogP contribution in [0.5, 0.6) is 0 Å². The summed E-state index contributed by atoms with van der Waals surface area (Å²) in [5, 5.41) is 11.6. The third-order valence-electron chi connectivity index (χ3n) is 21.4. The summed E-state index contributed by atoms with van der Waals surface area (Å²) in [5.41, 5.74) is 3.56. The van der Waals surface area contributed by atoms with Crippen molar-refractivity contribution < 1.29 is 74.6 Å². The summed E-state index contributed by atoms with van der Waals surface area (Å²) in [7, 11) is 2.51. The van der Waals surface area contributed by atoms with Gasteiger partial charge in [-0.1, -0.05) is 97.1 Å². The summed E-state index contributed by atoms with van der Waals surface area (Å²) in [5.74, 6) is -7.02. The number of carbonyl (C=O) groups is 9. The van der Waals surface area contributed by atoms with Gasteiger partial charge in [0, 0.05) is 14.1 Å². The van der Waals surface area contributed by atoms with Crippen molar-refractivity contribution >= 4 is 75.4 Å². The molecule has 0 radical (unpaired) electrons. The number of hydrogen-bond acceptors (Lipinski definition) is 9. The largest absolute Gasteiger partial charge is 0.478 e. The van der Waals surface area contributed by atoms with Gasteiger partial charge in [0.1, 0.15) is 10.8 Å². The first-order valence-corrected chi connectivity index (χ1v) is 32.4. The summed E-state index contributed by atoms with van der Waals surface area (Å²) in [6.45, 7) is 13.5. The maximum atomic E-state index is 15.4. The van der Waals surface area contributed by atoms with Crippen molar-refractivity contribution in [2.24, 2.45) is 0 Å². The number of carbonyl (C=O) groups excluding carboxylic acids is 8. The number of amides is 8. The Bertz CT molecular complexity index is 5510. The quantitative estimate of drug-likeness (QED) is 0.108. The molecule has 0 saturated heterocycles. The third-order valence-corrected chi connectivity index (χ3v) is 21.4. The minimum absolute atomic E-state index is 0.0138. The molecule has 14 nitrogen and oxygen atoms in total. The van der Waals surface area contributed by atoms with Crippen molar-refractivity contribution in [3.63, 3.8) is 0 Å². The minimum atomic E-state index is -4.91. The number of fused-ring (bicyclic) bond motifs is 8. The van der Waals surface area contributed by atoms with Crippen molar-refractivity contribution in [2.75, 3.05) is 23.9 Å². The Morgan fingerprint density at radius 1 is 0.373 bits per heavy atom. The van der Waals surface area contributed by atoms with Crippen molar-refractivity contribution in [1.82, 2.24) is 9.80 Å². The van der Waals surface area contributed by atoms with E-state index in [4.69, 9.17) is 0 Å². The number of imide groups is 4. The van der Waals surface area contributed by atoms with Crippen LogP contribution in [-0.4, -0.2) is 94.6 Å². The van der Waals surface area contributed by atoms with Crippen LogP contribution in [0.3, 0.4) is 0 Å². The predicted molar refractivity (Wildman–Crippen MR) is 369 cm³/mol. The molecule has 0 spiro atoms. The van der Waals surface area contributed by atoms with E-state index in [1.807, 2.05) is 38.1 Å². The molecule has 1 aliphatic carbocycles. The molecule has 0 bridgehead atoms. The van der Waals surface area contributed by atoms with Gasteiger partial charge in [-0.05, 0) is 234 Å². The van der Waals surface area contributed by atoms with Gasteiger partial charge in [0.2, 0.25) is 0 Å². The number of alkyl halides is 6. The maximum absolute atomic E-state index is 15.4. The molecular formula is C82H60F6N4O10. The van der Waals surface area contributed by atoms with Crippen LogP contribution in [-0.2, 0) is 16.2 Å². The van der Waals surface area contributed by atoms with E-state index >= 15 is 13.2 Å². The number of benzene rings is 10. The Morgan fingerprint density at radius 2 is 0.745 bits per heavy atom. The Balaban J connectivity index is 0.000000194. The number of aromatic carboxylic acids is 1. The average Bonchev–Trinajstić information content (AvgIpc) is 1.51. The molecule has 0 fully saturated rings. The maximum Gasteiger partial charge on any atom is 0.402 e. The summed E-state index contributed by atoms with van der Waals surface area (Å²) >= 11 is 0. The molecule has 8 amide bonds. The SMILES string of the molecule is Cc1cc(C(=O)O)cc(N2C(=O)c3ccc(C(C)(c4ccc5c(c4)C(=O)N(C)C5=O)C(F)(F)F)cc3C2=O)c1.Cc1cc(C2(c3cc(C)c(N4C(=O)c5ccc(C(C)(c6ccc7c(c6)C(=O)N(C)C7=O)C(F)(F)F)cc5C4=O)c(C)c3)c3ccccc3-c3cc4ccccc4cc32)cc(C)c1C. The van der Waals surface area contributed by atoms with Gasteiger partial charge in [0.15, 0.2) is 0 Å². The summed E-state index contributed by atoms with van der Waals surface area (Å²) in [6, 6.07) is 47.5. The first-order chi connectivity index (χ1) is 48.0. The zero-order valence-corrected chi connectivity index (χ0v) is 56.4. The molecule has 3 unspecified atom stereocenters. The number of carboxylic acid groups (broad SMARTS) is 1. The number of carboxylic acids is 1. The van der Waals surface area contributed by atoms with E-state index in [1.165, 1.54) is 62.1 Å². The van der Waals surface area contributed by atoms with Crippen molar-refractivity contribution in [1.29, 1.82) is 0 Å². The Kier molecular flexibility index (Phi) is 15.2. The fourth-order valence-corrected chi connectivity index (χ4v) is 15.4. The van der Waals surface area contributed by atoms with Crippen LogP contribution >= 0.6 is 0 Å². The lowest BCUT2D eigenvalue weighted by Crippen LogP contribution is -2.41. The van der Waals surface area contributed by atoms with Crippen molar-refractivity contribution in [3.05, 3.63) is 304 Å². The van der Waals surface area contributed by atoms with Crippen LogP contribution in [0.15, 0.2) is 176 Å². The number of halogens is 6. The van der Waals surface area contributed by atoms with Crippen molar-refractivity contribution in [2.45, 2.75) is 84.0 Å². The highest BCUT2D eigenvalue weighted by Gasteiger charge is 2.57. The molecule has 4 aliphatic heterocycles. The van der Waals surface area contributed by atoms with Gasteiger partial charge < -0.3 is 5.11 Å². The Morgan fingerprint density at radius 3 is 1.20 bits per heavy atom. The molecule has 10 aromatic rings. The van der Waals surface area contributed by atoms with Gasteiger partial charge in [-0.2, -0.15) is 26.3 Å². The molecule has 10 aromatic carbocycles. The first kappa shape index (κ1) is 67.3. The second-order valence-electron chi connectivity index (χ2n) is 27.1. The lowest BCUT2D eigenvalue weighted by Gasteiger charge is -2.36. The zero-order chi connectivity index (χ0) is 73.3. The second-order valence-corrected chi connectivity index (χ2v) is 27.1. The lowest BCUT2D eigenvalue weighted by molar-refractivity contribution is -0.173. The number of anilines is 2. The molecule has 3 atom stereocenters. The fourth-order valence-electron chi connectivity index (χ4n) is 15.4. The fraction of sp³-hybridized carbons (Fsp3) is 0.183. The third kappa shape index (κ3) is 9.57. The highest BCUT2D eigenvalue weighted by atomic mass is 19.4. The number of hydrogen-bond donors (Lipinski definition) is 1. The van der Waals surface area contributed by atoms with Crippen LogP contribution in [0.4, 0.5) is 37.7 Å². The van der Waals surface area contributed by atoms with Crippen molar-refractivity contribution in [3.8, 4) is 11.1 Å². The first-order valence-electron chi connectivity index (χ1n) is 32.4. The molecule has 0 saturated carbocycles. The predicted octanol–water partition coefficient (Wildman–Crippen LogP) is 16.2. The highest BCUT2D eigenvalue weighted by molar-refractivity contribution is 6.36. The highest BCUT2D eigenvalue weighted by Crippen LogP contribution is 2.59. The number of nitrogens with zero attached hydrogens (tertiary/aromatic N) is 4. The van der Waals surface area contributed by atoms with E-state index in [2.05, 4.69) is 81.4 Å². The summed E-state index contributed by atoms with van der Waals surface area (Å²) in [6.07, 6.45) is -9.82. The average molecular weight is 1380 g/mol. The standard InChI is InChI=1S/C54H41F3N2O4.C28H19F3N2O6/c1-28-20-37(21-29(2)32(28)5)53(45-15-11-10-14-39(45)42-24-33-12-8-9-13-34(33)25-46(42)53)38-22-30(3)47(31(4)23-38)59-50(62)41-19-17-36(27-44(41)51(59)63)52(6,54(55,56)57)35-16-18-40-43(26-35)49(61)58(7)48(40)60;1-13-8-14(26(38)39)10-17(9-13)33-24(36)19-7-5-16(12-21(19)25(33)37)27(2,28(29,30)31)15-4-6-18-20(11-15)23(35)32(3)22(18)34/h8-27H,1-7H3;4-12H,1-3H3,(H,38,39). The molecule has 20 heteroatoms. The smallest absolute Gasteiger partial charge is 0.402 e. The molecule has 0 aromatic heterocycles. The van der Waals surface area contributed by atoms with Gasteiger partial charge in [-0.3, -0.25) is 48.2 Å². The summed E-state index contributed by atoms with van der Waals surface area (Å²) in [4.78, 5) is 120. The molecular weight excluding hydrogens is 1310 g/mol. The molecule has 510 valence electrons. The number of rotatable bonds is 9. The topological polar surface area (TPSA) is 187 Å². The van der Waals surface area contributed by atoms with E-state index in [9.17, 15) is 61.4 Å². The van der Waals surface area contributed by atoms with E-state index in [1.54, 1.807) is 6.92 Å². The van der Waals surface area contributed by atoms with Gasteiger partial charge in [0.25, 0.3) is 47.3 Å². The van der Waals surface area contributed by atoms with Crippen LogP contribution in [0.1, 0.15) is 185 Å². The van der Waals surface area contributed by atoms with Gasteiger partial charge >= 0.3 is 18.3 Å². The van der Waals surface area contributed by atoms with E-state index in [-0.39, 0.29) is 78.0 Å². The van der Waals surface area contributed by atoms with Gasteiger partial charge in [-0.15, -0.1) is 0 Å². The Hall–Kier alpha value is -11.9.